The number of hydrogen-bond donors (Lipinski definition) is 1. The number of imidazole rings is 1. The lowest BCUT2D eigenvalue weighted by Gasteiger charge is -2.32. The maximum atomic E-state index is 12.4. The predicted molar refractivity (Wildman–Crippen MR) is 91.0 cm³/mol. The number of nitrogens with one attached hydrogen (secondary N) is 1. The molecule has 0 radical (unpaired) electrons. The first-order valence-electron chi connectivity index (χ1n) is 7.91. The van der Waals surface area contributed by atoms with E-state index in [-0.39, 0.29) is 17.6 Å². The van der Waals surface area contributed by atoms with Gasteiger partial charge in [-0.05, 0) is 35.2 Å². The van der Waals surface area contributed by atoms with E-state index in [1.165, 1.54) is 6.33 Å². The number of H-pyrrole nitrogens is 1. The molecule has 0 saturated carbocycles. The lowest BCUT2D eigenvalue weighted by molar-refractivity contribution is -0.131. The number of piperidine rings is 1. The van der Waals surface area contributed by atoms with Crippen LogP contribution in [0.15, 0.2) is 34.1 Å². The highest BCUT2D eigenvalue weighted by atomic mass is 32.1. The fraction of sp³-hybridized carbons (Fsp3) is 0.375. The lowest BCUT2D eigenvalue weighted by atomic mass is 10.0. The Bertz CT molecular complexity index is 906. The van der Waals surface area contributed by atoms with Crippen LogP contribution in [0.4, 0.5) is 0 Å². The van der Waals surface area contributed by atoms with Crippen LogP contribution >= 0.6 is 11.3 Å². The highest BCUT2D eigenvalue weighted by Gasteiger charge is 2.26. The molecular formula is C16H17N5O2S. The molecule has 4 rings (SSSR count). The van der Waals surface area contributed by atoms with Crippen LogP contribution in [-0.2, 0) is 11.2 Å². The van der Waals surface area contributed by atoms with Crippen molar-refractivity contribution in [1.29, 1.82) is 0 Å². The molecule has 0 aromatic carbocycles. The summed E-state index contributed by atoms with van der Waals surface area (Å²) >= 11 is 1.61. The summed E-state index contributed by atoms with van der Waals surface area (Å²) in [5, 5.41) is 4.00. The summed E-state index contributed by atoms with van der Waals surface area (Å²) in [4.78, 5) is 37.4. The van der Waals surface area contributed by atoms with Gasteiger partial charge in [-0.15, -0.1) is 0 Å². The molecule has 0 aliphatic carbocycles. The number of hydrogen-bond acceptors (Lipinski definition) is 5. The van der Waals surface area contributed by atoms with Crippen molar-refractivity contribution in [1.82, 2.24) is 24.4 Å². The van der Waals surface area contributed by atoms with Gasteiger partial charge in [0.1, 0.15) is 11.8 Å². The summed E-state index contributed by atoms with van der Waals surface area (Å²) < 4.78 is 1.71. The Morgan fingerprint density at radius 3 is 2.96 bits per heavy atom. The molecule has 1 amide bonds. The normalized spacial score (nSPS) is 15.9. The second-order valence-corrected chi connectivity index (χ2v) is 6.76. The molecular weight excluding hydrogens is 326 g/mol. The number of thiophene rings is 1. The summed E-state index contributed by atoms with van der Waals surface area (Å²) in [7, 11) is 0. The van der Waals surface area contributed by atoms with Crippen molar-refractivity contribution in [3.63, 3.8) is 0 Å². The Labute approximate surface area is 142 Å². The van der Waals surface area contributed by atoms with Crippen LogP contribution in [0.2, 0.25) is 0 Å². The number of nitrogens with zero attached hydrogens (tertiary/aromatic N) is 4. The molecule has 1 aliphatic heterocycles. The zero-order valence-corrected chi connectivity index (χ0v) is 13.8. The standard InChI is InChI=1S/C16H17N5O2S/c22-14(7-11-3-6-24-9-11)20-4-1-12(2-5-20)21-15-13(19-16(21)23)8-17-10-18-15/h3,6,8-10,12H,1-2,4-5,7H2,(H,19,23). The monoisotopic (exact) mass is 343 g/mol. The summed E-state index contributed by atoms with van der Waals surface area (Å²) in [6.45, 7) is 1.33. The van der Waals surface area contributed by atoms with Crippen molar-refractivity contribution < 1.29 is 4.79 Å². The molecule has 8 heteroatoms. The first-order chi connectivity index (χ1) is 11.7. The van der Waals surface area contributed by atoms with Gasteiger partial charge < -0.3 is 9.88 Å². The van der Waals surface area contributed by atoms with Crippen LogP contribution in [-0.4, -0.2) is 43.4 Å². The minimum atomic E-state index is -0.159. The van der Waals surface area contributed by atoms with E-state index in [0.29, 0.717) is 30.7 Å². The van der Waals surface area contributed by atoms with Crippen molar-refractivity contribution in [3.8, 4) is 0 Å². The van der Waals surface area contributed by atoms with E-state index < -0.39 is 0 Å². The van der Waals surface area contributed by atoms with Gasteiger partial charge in [0, 0.05) is 19.1 Å². The second-order valence-electron chi connectivity index (χ2n) is 5.98. The molecule has 0 unspecified atom stereocenters. The fourth-order valence-corrected chi connectivity index (χ4v) is 3.94. The molecule has 4 heterocycles. The topological polar surface area (TPSA) is 83.9 Å². The van der Waals surface area contributed by atoms with Crippen molar-refractivity contribution in [2.75, 3.05) is 13.1 Å². The molecule has 124 valence electrons. The van der Waals surface area contributed by atoms with Crippen LogP contribution < -0.4 is 5.69 Å². The van der Waals surface area contributed by atoms with E-state index in [9.17, 15) is 9.59 Å². The molecule has 0 atom stereocenters. The minimum absolute atomic E-state index is 0.0614. The number of aromatic amines is 1. The number of rotatable bonds is 3. The van der Waals surface area contributed by atoms with Crippen LogP contribution in [0.3, 0.4) is 0 Å². The molecule has 1 aliphatic rings. The zero-order valence-electron chi connectivity index (χ0n) is 13.0. The quantitative estimate of drug-likeness (QED) is 0.783. The molecule has 24 heavy (non-hydrogen) atoms. The van der Waals surface area contributed by atoms with Crippen molar-refractivity contribution in [2.45, 2.75) is 25.3 Å². The summed E-state index contributed by atoms with van der Waals surface area (Å²) in [5.74, 6) is 0.153. The highest BCUT2D eigenvalue weighted by molar-refractivity contribution is 7.08. The molecule has 3 aromatic rings. The summed E-state index contributed by atoms with van der Waals surface area (Å²) in [6.07, 6.45) is 5.03. The Balaban J connectivity index is 1.47. The van der Waals surface area contributed by atoms with E-state index in [2.05, 4.69) is 15.0 Å². The van der Waals surface area contributed by atoms with Gasteiger partial charge in [0.25, 0.3) is 0 Å². The van der Waals surface area contributed by atoms with E-state index >= 15 is 0 Å². The Morgan fingerprint density at radius 2 is 2.21 bits per heavy atom. The lowest BCUT2D eigenvalue weighted by Crippen LogP contribution is -2.41. The number of aromatic nitrogens is 4. The maximum Gasteiger partial charge on any atom is 0.327 e. The van der Waals surface area contributed by atoms with Gasteiger partial charge in [0.15, 0.2) is 5.65 Å². The number of carbonyl (C=O) groups is 1. The average Bonchev–Trinajstić information content (AvgIpc) is 3.21. The third-order valence-electron chi connectivity index (χ3n) is 4.50. The van der Waals surface area contributed by atoms with E-state index in [1.54, 1.807) is 22.1 Å². The molecule has 1 fully saturated rings. The SMILES string of the molecule is O=C(Cc1ccsc1)N1CCC(n2c(=O)[nH]c3cncnc32)CC1. The number of carbonyl (C=O) groups excluding carboxylic acids is 1. The van der Waals surface area contributed by atoms with Crippen LogP contribution in [0.5, 0.6) is 0 Å². The summed E-state index contributed by atoms with van der Waals surface area (Å²) in [5.41, 5.74) is 2.20. The van der Waals surface area contributed by atoms with Crippen molar-refractivity contribution in [2.24, 2.45) is 0 Å². The van der Waals surface area contributed by atoms with Gasteiger partial charge in [0.2, 0.25) is 5.91 Å². The Kier molecular flexibility index (Phi) is 3.89. The zero-order chi connectivity index (χ0) is 16.5. The van der Waals surface area contributed by atoms with E-state index in [0.717, 1.165) is 18.4 Å². The smallest absolute Gasteiger partial charge is 0.327 e. The molecule has 0 bridgehead atoms. The van der Waals surface area contributed by atoms with Gasteiger partial charge in [-0.1, -0.05) is 0 Å². The van der Waals surface area contributed by atoms with Crippen molar-refractivity contribution >= 4 is 28.4 Å². The molecule has 7 nitrogen and oxygen atoms in total. The molecule has 0 spiro atoms. The number of likely N-dealkylation sites (tertiary alicyclic amines) is 1. The van der Waals surface area contributed by atoms with Gasteiger partial charge in [0.05, 0.1) is 12.6 Å². The fourth-order valence-electron chi connectivity index (χ4n) is 3.27. The van der Waals surface area contributed by atoms with E-state index in [4.69, 9.17) is 0 Å². The minimum Gasteiger partial charge on any atom is -0.342 e. The first-order valence-corrected chi connectivity index (χ1v) is 8.86. The van der Waals surface area contributed by atoms with Crippen molar-refractivity contribution in [3.05, 3.63) is 45.4 Å². The van der Waals surface area contributed by atoms with Gasteiger partial charge in [-0.25, -0.2) is 14.8 Å². The third kappa shape index (κ3) is 2.73. The summed E-state index contributed by atoms with van der Waals surface area (Å²) in [6, 6.07) is 2.05. The largest absolute Gasteiger partial charge is 0.342 e. The van der Waals surface area contributed by atoms with Crippen LogP contribution in [0.25, 0.3) is 11.2 Å². The first kappa shape index (κ1) is 15.1. The second kappa shape index (κ2) is 6.20. The Hall–Kier alpha value is -2.48. The maximum absolute atomic E-state index is 12.4. The predicted octanol–water partition coefficient (Wildman–Crippen LogP) is 1.59. The van der Waals surface area contributed by atoms with Crippen LogP contribution in [0.1, 0.15) is 24.4 Å². The van der Waals surface area contributed by atoms with Gasteiger partial charge in [-0.3, -0.25) is 9.36 Å². The van der Waals surface area contributed by atoms with Gasteiger partial charge in [-0.2, -0.15) is 11.3 Å². The third-order valence-corrected chi connectivity index (χ3v) is 5.23. The van der Waals surface area contributed by atoms with Crippen LogP contribution in [0, 0.1) is 0 Å². The Morgan fingerprint density at radius 1 is 1.38 bits per heavy atom. The molecule has 1 N–H and O–H groups in total. The molecule has 1 saturated heterocycles. The van der Waals surface area contributed by atoms with E-state index in [1.807, 2.05) is 21.7 Å². The highest BCUT2D eigenvalue weighted by Crippen LogP contribution is 2.24. The number of amides is 1. The molecule has 3 aromatic heterocycles. The number of fused-ring (bicyclic) bond motifs is 1. The van der Waals surface area contributed by atoms with Gasteiger partial charge >= 0.3 is 5.69 Å². The average molecular weight is 343 g/mol.